The number of fused-ring (bicyclic) bond motifs is 6. The van der Waals surface area contributed by atoms with Crippen molar-refractivity contribution in [3.63, 3.8) is 0 Å². The van der Waals surface area contributed by atoms with Crippen LogP contribution in [-0.2, 0) is 10.8 Å². The van der Waals surface area contributed by atoms with Crippen LogP contribution in [0.15, 0.2) is 36.4 Å². The highest BCUT2D eigenvalue weighted by Crippen LogP contribution is 2.54. The number of rotatable bonds is 7. The average Bonchev–Trinajstić information content (AvgIpc) is 1.48. The van der Waals surface area contributed by atoms with Gasteiger partial charge in [0, 0.05) is 17.1 Å². The first kappa shape index (κ1) is 66.4. The molecule has 0 fully saturated rings. The number of hydrogen-bond donors (Lipinski definition) is 0. The number of anilines is 3. The van der Waals surface area contributed by atoms with Gasteiger partial charge in [0.2, 0.25) is 0 Å². The molecule has 0 aliphatic heterocycles. The van der Waals surface area contributed by atoms with Crippen LogP contribution in [0, 0.1) is 0 Å². The molecule has 0 unspecified atom stereocenters. The Kier molecular flexibility index (Phi) is 16.6. The average molecular weight is 1120 g/mol. The Labute approximate surface area is 570 Å². The Morgan fingerprint density at radius 2 is 0.467 bits per heavy atom. The fraction of sp³-hybridized carbons (Fsp3) is 0.0357. The van der Waals surface area contributed by atoms with Crippen LogP contribution < -0.4 is 185 Å². The number of nitrogens with zero attached hydrogens (tertiary/aromatic N) is 1. The van der Waals surface area contributed by atoms with Gasteiger partial charge in [0.1, 0.15) is 259 Å². The molecule has 0 bridgehead atoms. The van der Waals surface area contributed by atoms with E-state index in [-0.39, 0.29) is 0 Å². The zero-order chi connectivity index (χ0) is 66.5. The van der Waals surface area contributed by atoms with Crippen LogP contribution in [0.4, 0.5) is 17.1 Å². The summed E-state index contributed by atoms with van der Waals surface area (Å²) in [6.07, 6.45) is 0. The molecule has 0 aromatic heterocycles. The van der Waals surface area contributed by atoms with Crippen molar-refractivity contribution in [3.05, 3.63) is 80.9 Å². The van der Waals surface area contributed by atoms with Crippen molar-refractivity contribution >= 4 is 456 Å². The second kappa shape index (κ2) is 22.6. The predicted molar refractivity (Wildman–Crippen MR) is 506 cm³/mol. The fourth-order valence-electron chi connectivity index (χ4n) is 18.5. The number of benzene rings is 9. The van der Waals surface area contributed by atoms with Gasteiger partial charge in [-0.1, -0.05) is 122 Å². The molecule has 2 aliphatic rings. The largest absolute Gasteiger partial charge is 0.312 e. The molecule has 0 spiro atoms. The molecule has 9 aromatic carbocycles. The van der Waals surface area contributed by atoms with Gasteiger partial charge < -0.3 is 4.90 Å². The molecule has 0 atom stereocenters. The summed E-state index contributed by atoms with van der Waals surface area (Å²) in [7, 11) is 79.2. The highest BCUT2D eigenvalue weighted by molar-refractivity contribution is 6.73. The van der Waals surface area contributed by atoms with Gasteiger partial charge in [0.15, 0.2) is 0 Å². The second-order valence-corrected chi connectivity index (χ2v) is 29.3. The van der Waals surface area contributed by atoms with Crippen LogP contribution in [-0.4, -0.2) is 259 Å². The van der Waals surface area contributed by atoms with Gasteiger partial charge in [0.25, 0.3) is 0 Å². The molecule has 11 rings (SSSR count). The van der Waals surface area contributed by atoms with E-state index in [1.54, 1.807) is 0 Å². The van der Waals surface area contributed by atoms with E-state index in [4.69, 9.17) is 0 Å². The van der Waals surface area contributed by atoms with Crippen molar-refractivity contribution in [1.82, 2.24) is 0 Å². The highest BCUT2D eigenvalue weighted by Gasteiger charge is 2.54. The summed E-state index contributed by atoms with van der Waals surface area (Å²) in [5.74, 6) is 0. The van der Waals surface area contributed by atoms with Crippen molar-refractivity contribution < 1.29 is 0 Å². The Morgan fingerprint density at radius 3 is 0.822 bits per heavy atom. The SMILES string of the molecule is Bc1cc(N(c2ccc(C3(c4c(B)c(B)c(B)c(B)c4B)c4c(B)c(B)c(B)c(B)c4-c4c(B)c(B)c(B)c(B)c43)cc2)c2c(B)c(B)c(C3(c4cc(B)c(B)c(B)c4B)c4c(B)c(B)c(B)c(B)c4-c4c(B)c(B)c(B)c(B)c43)c(B)c2B)c(B)c(B)c1B. The molecule has 0 N–H and O–H groups in total. The Balaban J connectivity index is 1.31. The normalized spacial score (nSPS) is 13.2. The van der Waals surface area contributed by atoms with Gasteiger partial charge in [-0.15, -0.1) is 76.5 Å². The molecular formula is C56H72B33N. The summed E-state index contributed by atoms with van der Waals surface area (Å²) in [5, 5.41) is 0. The lowest BCUT2D eigenvalue weighted by atomic mass is 9.49. The van der Waals surface area contributed by atoms with Gasteiger partial charge in [-0.3, -0.25) is 0 Å². The maximum atomic E-state index is 2.69. The molecule has 400 valence electrons. The first-order valence-corrected chi connectivity index (χ1v) is 33.6. The molecule has 0 heterocycles. The van der Waals surface area contributed by atoms with Crippen molar-refractivity contribution in [3.8, 4) is 22.3 Å². The van der Waals surface area contributed by atoms with Crippen LogP contribution in [0.3, 0.4) is 0 Å². The lowest BCUT2D eigenvalue weighted by Gasteiger charge is -2.44. The van der Waals surface area contributed by atoms with Crippen molar-refractivity contribution in [2.45, 2.75) is 10.8 Å². The molecule has 0 saturated carbocycles. The van der Waals surface area contributed by atoms with Crippen LogP contribution in [0.25, 0.3) is 22.3 Å². The molecular weight excluding hydrogens is 1040 g/mol. The van der Waals surface area contributed by atoms with Crippen molar-refractivity contribution in [1.29, 1.82) is 0 Å². The molecule has 0 amide bonds. The Morgan fingerprint density at radius 1 is 0.211 bits per heavy atom. The highest BCUT2D eigenvalue weighted by atomic mass is 15.1. The maximum Gasteiger partial charge on any atom is 0.141 e. The van der Waals surface area contributed by atoms with Crippen molar-refractivity contribution in [2.75, 3.05) is 4.90 Å². The van der Waals surface area contributed by atoms with Crippen LogP contribution in [0.1, 0.15) is 44.5 Å². The minimum Gasteiger partial charge on any atom is -0.312 e. The third kappa shape index (κ3) is 8.43. The van der Waals surface area contributed by atoms with E-state index in [0.717, 1.165) is 0 Å². The van der Waals surface area contributed by atoms with Crippen molar-refractivity contribution in [2.24, 2.45) is 0 Å². The van der Waals surface area contributed by atoms with E-state index in [2.05, 4.69) is 300 Å². The summed E-state index contributed by atoms with van der Waals surface area (Å²) in [4.78, 5) is 2.69. The summed E-state index contributed by atoms with van der Waals surface area (Å²) in [5.41, 5.74) is 65.4. The van der Waals surface area contributed by atoms with Gasteiger partial charge in [-0.05, 0) is 85.0 Å². The number of hydrogen-bond acceptors (Lipinski definition) is 1. The minimum absolute atomic E-state index is 0.604. The molecule has 0 radical (unpaired) electrons. The van der Waals surface area contributed by atoms with Crippen LogP contribution in [0.5, 0.6) is 0 Å². The van der Waals surface area contributed by atoms with Gasteiger partial charge in [-0.25, -0.2) is 0 Å². The maximum absolute atomic E-state index is 2.69. The molecule has 2 aliphatic carbocycles. The van der Waals surface area contributed by atoms with E-state index in [9.17, 15) is 0 Å². The summed E-state index contributed by atoms with van der Waals surface area (Å²) in [6, 6.07) is 15.3. The third-order valence-electron chi connectivity index (χ3n) is 26.4. The topological polar surface area (TPSA) is 3.24 Å². The van der Waals surface area contributed by atoms with E-state index in [1.807, 2.05) is 0 Å². The zero-order valence-electron chi connectivity index (χ0n) is 61.9. The monoisotopic (exact) mass is 1120 g/mol. The summed E-state index contributed by atoms with van der Waals surface area (Å²) in [6.45, 7) is 0. The molecule has 9 aromatic rings. The lowest BCUT2D eigenvalue weighted by Crippen LogP contribution is -2.61. The summed E-state index contributed by atoms with van der Waals surface area (Å²) >= 11 is 0. The minimum atomic E-state index is -0.619. The van der Waals surface area contributed by atoms with Gasteiger partial charge in [0.05, 0.1) is 10.8 Å². The third-order valence-corrected chi connectivity index (χ3v) is 26.4. The smallest absolute Gasteiger partial charge is 0.141 e. The fourth-order valence-corrected chi connectivity index (χ4v) is 18.5. The molecule has 34 heteroatoms. The Bertz CT molecular complexity index is 4630. The second-order valence-electron chi connectivity index (χ2n) is 29.3. The van der Waals surface area contributed by atoms with E-state index in [0.29, 0.717) is 0 Å². The van der Waals surface area contributed by atoms with Crippen LogP contribution in [0.2, 0.25) is 0 Å². The van der Waals surface area contributed by atoms with E-state index in [1.165, 1.54) is 264 Å². The molecule has 90 heavy (non-hydrogen) atoms. The van der Waals surface area contributed by atoms with Crippen LogP contribution >= 0.6 is 0 Å². The van der Waals surface area contributed by atoms with Gasteiger partial charge in [-0.2, -0.15) is 0 Å². The first-order valence-electron chi connectivity index (χ1n) is 33.6. The van der Waals surface area contributed by atoms with Gasteiger partial charge >= 0.3 is 0 Å². The predicted octanol–water partition coefficient (Wildman–Crippen LogP) is -43.6. The van der Waals surface area contributed by atoms with E-state index < -0.39 is 10.8 Å². The molecule has 0 saturated heterocycles. The summed E-state index contributed by atoms with van der Waals surface area (Å²) < 4.78 is 0. The first-order chi connectivity index (χ1) is 42.0. The quantitative estimate of drug-likeness (QED) is 0.144. The van der Waals surface area contributed by atoms with E-state index >= 15 is 0 Å². The lowest BCUT2D eigenvalue weighted by molar-refractivity contribution is 0.792. The Hall–Kier alpha value is -5.08. The standard InChI is InChI=1S/C56H72B33N/c57-10-5-9(23(59)39(75)24(10)60)56(19-15(29(65)43(79)47(83)33(19)69)16-20(56)34(70)48(84)44(80)30(16)66)22-37(73)52(88)54(53(89)38(22)74)90(12-6-11(58)25(61)40(76)26(12)62)8-3-1-7(2-4-8)55(21-35(71)49(85)51(87)50(86)36(21)72)17-13(27(63)41(77)45(81)31(17)67)14-18(55)32(68)46(82)42(78)28(14)64/h1-6H,57-89H2. The zero-order valence-corrected chi connectivity index (χ0v) is 61.9. The molecule has 1 nitrogen and oxygen atoms in total.